The summed E-state index contributed by atoms with van der Waals surface area (Å²) >= 11 is 0. The molecule has 0 saturated carbocycles. The van der Waals surface area contributed by atoms with Crippen molar-refractivity contribution in [2.24, 2.45) is 23.7 Å². The van der Waals surface area contributed by atoms with Crippen LogP contribution in [-0.2, 0) is 95.8 Å². The summed E-state index contributed by atoms with van der Waals surface area (Å²) in [6.07, 6.45) is -3.40. The molecule has 12 atom stereocenters. The Morgan fingerprint density at radius 2 is 1.13 bits per heavy atom. The smallest absolute Gasteiger partial charge is 0.747 e. The minimum Gasteiger partial charge on any atom is -0.747 e. The Morgan fingerprint density at radius 3 is 1.65 bits per heavy atom. The number of pyridine rings is 1. The molecule has 0 spiro atoms. The van der Waals surface area contributed by atoms with Gasteiger partial charge in [0.05, 0.1) is 42.1 Å². The van der Waals surface area contributed by atoms with E-state index in [1.165, 1.54) is 18.3 Å². The van der Waals surface area contributed by atoms with Gasteiger partial charge in [-0.1, -0.05) is 87.9 Å². The first kappa shape index (κ1) is 112. The van der Waals surface area contributed by atoms with Gasteiger partial charge in [0.2, 0.25) is 47.3 Å². The van der Waals surface area contributed by atoms with Gasteiger partial charge in [-0.3, -0.25) is 71.8 Å². The van der Waals surface area contributed by atoms with Crippen molar-refractivity contribution in [2.75, 3.05) is 64.2 Å². The second-order valence-corrected chi connectivity index (χ2v) is 28.6. The molecular weight excluding hydrogens is 1610 g/mol. The molecule has 0 bridgehead atoms. The molecular formula is C66H96N14Na4O25S4. The molecule has 2 aromatic carbocycles. The number of rotatable bonds is 36. The summed E-state index contributed by atoms with van der Waals surface area (Å²) in [5.74, 6) is -16.6. The Bertz CT molecular complexity index is 3950. The number of carbonyl (C=O) groups excluding carboxylic acids is 11. The number of aliphatic hydroxyl groups is 2. The number of ketones is 3. The number of nitrogens with zero attached hydrogens (tertiary/aromatic N) is 1. The second-order valence-electron chi connectivity index (χ2n) is 25.0. The van der Waals surface area contributed by atoms with Crippen molar-refractivity contribution in [3.8, 4) is 11.3 Å². The molecule has 3 aromatic rings. The third kappa shape index (κ3) is 46.8. The summed E-state index contributed by atoms with van der Waals surface area (Å²) in [6, 6.07) is 8.98. The van der Waals surface area contributed by atoms with E-state index in [1.807, 2.05) is 0 Å². The van der Waals surface area contributed by atoms with E-state index in [2.05, 4.69) is 88.2 Å². The maximum Gasteiger partial charge on any atom is 1.00 e. The molecule has 0 unspecified atom stereocenters. The molecule has 113 heavy (non-hydrogen) atoms. The summed E-state index contributed by atoms with van der Waals surface area (Å²) in [5.41, 5.74) is 1.83. The van der Waals surface area contributed by atoms with Crippen molar-refractivity contribution >= 4 is 106 Å². The molecule has 8 amide bonds. The van der Waals surface area contributed by atoms with E-state index in [-0.39, 0.29) is 169 Å². The van der Waals surface area contributed by atoms with E-state index in [9.17, 15) is 88.9 Å². The number of Topliss-reactive ketones (excluding diaryl/α,β-unsaturated/α-hetero) is 3. The van der Waals surface area contributed by atoms with Gasteiger partial charge in [0.25, 0.3) is 0 Å². The van der Waals surface area contributed by atoms with Crippen LogP contribution in [0, 0.1) is 37.8 Å². The van der Waals surface area contributed by atoms with E-state index in [0.717, 1.165) is 6.92 Å². The number of aliphatic hydroxyl groups excluding tert-OH is 2. The largest absolute Gasteiger partial charge is 1.00 e. The van der Waals surface area contributed by atoms with E-state index in [4.69, 9.17) is 25.3 Å². The van der Waals surface area contributed by atoms with Gasteiger partial charge in [-0.25, -0.2) is 16.8 Å². The van der Waals surface area contributed by atoms with Crippen molar-refractivity contribution in [1.82, 2.24) is 74.1 Å². The minimum atomic E-state index is -4.83. The van der Waals surface area contributed by atoms with E-state index >= 15 is 0 Å². The first-order chi connectivity index (χ1) is 51.4. The molecule has 1 aliphatic rings. The maximum absolute atomic E-state index is 14.8. The summed E-state index contributed by atoms with van der Waals surface area (Å²) in [4.78, 5) is 163. The van der Waals surface area contributed by atoms with Crippen molar-refractivity contribution < 1.29 is 232 Å². The van der Waals surface area contributed by atoms with Crippen LogP contribution in [0.5, 0.6) is 0 Å². The fraction of sp³-hybridized carbons (Fsp3) is 0.545. The zero-order chi connectivity index (χ0) is 82.0. The molecule has 4 rings (SSSR count). The number of hydrogen-bond donors (Lipinski definition) is 15. The third-order valence-corrected chi connectivity index (χ3v) is 17.9. The monoisotopic (exact) mass is 1700 g/mol. The van der Waals surface area contributed by atoms with Crippen LogP contribution in [0.15, 0.2) is 79.0 Å². The SMILES string of the molecule is O=S(=O)=O.O=S(=O)=O.[CH2-]NCC[C@@H]1NC(=O)[C@@H](NC(=O)[C@H](CN[CH2-])CC(=O)[C@H](CO)NC(=O)[C@H](CCNCS(=O)(=O)[O-])CC(=O)c2ccnc(-c3ccccc3)c2)CCNC(=O)[C@H]([C@@H](C)O)NC(=O)[C@H](CCNCS(=O)(=O)[O-])NC(=O)[C@H](CCNCC)NC(=O)[C@H]([C@@H](C)CC)CC(=O)[C@@H](Cc2ccccc2)NC1=O.[Na+].[Na+].[Na+].[Na+]. The zero-order valence-electron chi connectivity index (χ0n) is 64.4. The van der Waals surface area contributed by atoms with Crippen LogP contribution < -0.4 is 187 Å². The topological polar surface area (TPSA) is 614 Å². The van der Waals surface area contributed by atoms with E-state index in [0.29, 0.717) is 29.8 Å². The van der Waals surface area contributed by atoms with Crippen LogP contribution in [0.1, 0.15) is 101 Å². The Morgan fingerprint density at radius 1 is 0.628 bits per heavy atom. The van der Waals surface area contributed by atoms with Gasteiger partial charge in [0.1, 0.15) is 56.5 Å². The normalized spacial score (nSPS) is 19.3. The van der Waals surface area contributed by atoms with E-state index < -0.39 is 248 Å². The predicted octanol–water partition coefficient (Wildman–Crippen LogP) is -17.2. The molecule has 1 aromatic heterocycles. The van der Waals surface area contributed by atoms with Crippen LogP contribution in [0.25, 0.3) is 11.3 Å². The molecule has 1 saturated heterocycles. The first-order valence-electron chi connectivity index (χ1n) is 34.2. The predicted molar refractivity (Wildman–Crippen MR) is 386 cm³/mol. The van der Waals surface area contributed by atoms with Gasteiger partial charge in [0, 0.05) is 55.0 Å². The van der Waals surface area contributed by atoms with Crippen LogP contribution in [0.4, 0.5) is 0 Å². The molecule has 0 radical (unpaired) electrons. The molecule has 1 aliphatic heterocycles. The van der Waals surface area contributed by atoms with Gasteiger partial charge in [0.15, 0.2) is 17.3 Å². The van der Waals surface area contributed by atoms with Crippen LogP contribution >= 0.6 is 0 Å². The van der Waals surface area contributed by atoms with E-state index in [1.54, 1.807) is 81.4 Å². The fourth-order valence-electron chi connectivity index (χ4n) is 10.8. The van der Waals surface area contributed by atoms with Gasteiger partial charge in [-0.15, -0.1) is 25.3 Å². The second kappa shape index (κ2) is 60.6. The average Bonchev–Trinajstić information content (AvgIpc) is 1.10. The van der Waals surface area contributed by atoms with Crippen molar-refractivity contribution in [3.63, 3.8) is 0 Å². The Hall–Kier alpha value is -4.86. The number of benzene rings is 2. The third-order valence-electron chi connectivity index (χ3n) is 16.8. The number of aromatic nitrogens is 1. The van der Waals surface area contributed by atoms with Crippen molar-refractivity contribution in [2.45, 2.75) is 140 Å². The maximum atomic E-state index is 14.8. The summed E-state index contributed by atoms with van der Waals surface area (Å²) in [7, 11) is -8.62. The van der Waals surface area contributed by atoms with Crippen molar-refractivity contribution in [3.05, 3.63) is 104 Å². The Balaban J connectivity index is -0.00000959. The van der Waals surface area contributed by atoms with Crippen LogP contribution in [-0.4, -0.2) is 244 Å². The quantitative estimate of drug-likeness (QED) is 0.00845. The molecule has 0 aliphatic carbocycles. The van der Waals surface area contributed by atoms with Gasteiger partial charge in [-0.05, 0) is 108 Å². The Kier molecular flexibility index (Phi) is 60.2. The van der Waals surface area contributed by atoms with Gasteiger partial charge < -0.3 is 88.4 Å². The molecule has 2 heterocycles. The van der Waals surface area contributed by atoms with Crippen molar-refractivity contribution in [1.29, 1.82) is 0 Å². The average molecular weight is 1710 g/mol. The molecule has 39 nitrogen and oxygen atoms in total. The Labute approximate surface area is 748 Å². The first-order valence-corrected chi connectivity index (χ1v) is 39.4. The number of hydrogen-bond acceptors (Lipinski definition) is 31. The molecule has 608 valence electrons. The fourth-order valence-corrected chi connectivity index (χ4v) is 11.6. The molecule has 1 fully saturated rings. The van der Waals surface area contributed by atoms with Crippen LogP contribution in [0.2, 0.25) is 0 Å². The summed E-state index contributed by atoms with van der Waals surface area (Å²) < 4.78 is 119. The molecule has 47 heteroatoms. The van der Waals surface area contributed by atoms with Gasteiger partial charge in [-0.2, -0.15) is 0 Å². The zero-order valence-corrected chi connectivity index (χ0v) is 75.6. The number of nitrogens with one attached hydrogen (secondary N) is 13. The standard InChI is InChI=1S/C66H98N14O19S2.4Na.2O3S/c1-7-40(3)47-35-57(85)53(31-42-15-11-9-12-16-42)78-64(91)48(21-25-67-5)76-63(90)51(24-30-73-66(93)58(41(4)82)80-65(92)50(23-28-71-39-101(97,98)99)77-62(89)49(75-61(47)88)22-27-69-8-2)74-60(87)46(36-68-6)34-56(84)54(37-81)79-59(86)45(19-26-70-38-100(94,95)96)33-55(83)44-20-29-72-52(32-44)43-17-13-10-14-18-43;;;;;2*1-4(2)3/h9-18,20,29,32,40-41,45-51,53-54,58,67-71,81-82H,5-8,19,21-28,30-31,33-39H2,1-4H3,(H,73,93)(H,74,87)(H,75,88)(H,76,90)(H,77,89)(H,78,91)(H,79,86)(H,80,92)(H,94,95,96)(H,97,98,99);;;;;;/q-2;4*+1;;/p-2/t40-,41+,45+,46-,47-,48-,49-,50-,51-,53+,54-,58-;;;;;;/m0....../s1. The summed E-state index contributed by atoms with van der Waals surface area (Å²) in [6.45, 7) is 4.26. The minimum absolute atomic E-state index is 0. The number of carbonyl (C=O) groups is 11. The van der Waals surface area contributed by atoms with Crippen LogP contribution in [0.3, 0.4) is 0 Å². The summed E-state index contributed by atoms with van der Waals surface area (Å²) in [5, 5.41) is 55.1. The number of amides is 8. The molecule has 15 N–H and O–H groups in total. The van der Waals surface area contributed by atoms with Gasteiger partial charge >= 0.3 is 139 Å².